The average molecular weight is 180 g/mol. The van der Waals surface area contributed by atoms with Crippen LogP contribution in [0.3, 0.4) is 0 Å². The second-order valence-corrected chi connectivity index (χ2v) is 2.33. The van der Waals surface area contributed by atoms with Crippen molar-refractivity contribution in [2.75, 3.05) is 7.05 Å². The largest absolute Gasteiger partial charge is 0.371 e. The second-order valence-electron chi connectivity index (χ2n) is 2.33. The molecule has 0 rings (SSSR count). The number of aliphatic hydroxyl groups is 1. The van der Waals surface area contributed by atoms with E-state index in [9.17, 15) is 5.11 Å². The molecule has 0 aromatic carbocycles. The summed E-state index contributed by atoms with van der Waals surface area (Å²) in [5.41, 5.74) is -1.39. The van der Waals surface area contributed by atoms with Gasteiger partial charge in [0, 0.05) is 7.05 Å². The number of nitrogens with zero attached hydrogens (tertiary/aromatic N) is 2. The topological polar surface area (TPSA) is 45.0 Å². The zero-order valence-electron chi connectivity index (χ0n) is 8.41. The Morgan fingerprint density at radius 2 is 2.08 bits per heavy atom. The molecule has 0 saturated heterocycles. The van der Waals surface area contributed by atoms with Gasteiger partial charge in [-0.1, -0.05) is 12.0 Å². The Labute approximate surface area is 79.9 Å². The van der Waals surface area contributed by atoms with Gasteiger partial charge < -0.3 is 5.11 Å². The van der Waals surface area contributed by atoms with Crippen molar-refractivity contribution in [2.45, 2.75) is 19.4 Å². The molecule has 0 unspecified atom stereocenters. The third-order valence-electron chi connectivity index (χ3n) is 1.08. The summed E-state index contributed by atoms with van der Waals surface area (Å²) in [5, 5.41) is 9.28. The quantitative estimate of drug-likeness (QED) is 0.281. The van der Waals surface area contributed by atoms with Crippen LogP contribution in [0.4, 0.5) is 0 Å². The third-order valence-corrected chi connectivity index (χ3v) is 1.08. The smallest absolute Gasteiger partial charge is 0.181 e. The molecule has 0 aliphatic carbocycles. The number of amidine groups is 1. The summed E-state index contributed by atoms with van der Waals surface area (Å²) in [6.07, 6.45) is 6.74. The summed E-state index contributed by atoms with van der Waals surface area (Å²) >= 11 is 0. The van der Waals surface area contributed by atoms with Crippen LogP contribution in [0.5, 0.6) is 0 Å². The SMILES string of the molecule is C#C[C@@](C)(O)C(N=C)=NC.C=CC. The molecular formula is C10H16N2O. The van der Waals surface area contributed by atoms with Gasteiger partial charge in [0.2, 0.25) is 0 Å². The Morgan fingerprint density at radius 3 is 2.15 bits per heavy atom. The van der Waals surface area contributed by atoms with Gasteiger partial charge in [-0.3, -0.25) is 4.99 Å². The van der Waals surface area contributed by atoms with Crippen LogP contribution in [0.25, 0.3) is 0 Å². The molecule has 72 valence electrons. The molecule has 0 radical (unpaired) electrons. The van der Waals surface area contributed by atoms with E-state index in [4.69, 9.17) is 6.42 Å². The Bertz CT molecular complexity index is 234. The van der Waals surface area contributed by atoms with E-state index >= 15 is 0 Å². The van der Waals surface area contributed by atoms with Crippen molar-refractivity contribution in [1.29, 1.82) is 0 Å². The molecule has 0 aromatic heterocycles. The van der Waals surface area contributed by atoms with Crippen molar-refractivity contribution in [3.05, 3.63) is 12.7 Å². The number of aliphatic imine (C=N–C) groups is 2. The summed E-state index contributed by atoms with van der Waals surface area (Å²) < 4.78 is 0. The van der Waals surface area contributed by atoms with Gasteiger partial charge in [0.05, 0.1) is 0 Å². The van der Waals surface area contributed by atoms with Crippen LogP contribution in [-0.4, -0.2) is 30.3 Å². The summed E-state index contributed by atoms with van der Waals surface area (Å²) in [4.78, 5) is 7.10. The zero-order chi connectivity index (χ0) is 10.9. The predicted octanol–water partition coefficient (Wildman–Crippen LogP) is 1.29. The molecule has 0 aliphatic heterocycles. The molecule has 13 heavy (non-hydrogen) atoms. The zero-order valence-corrected chi connectivity index (χ0v) is 8.41. The molecule has 0 spiro atoms. The highest BCUT2D eigenvalue weighted by molar-refractivity contribution is 5.95. The Kier molecular flexibility index (Phi) is 7.90. The van der Waals surface area contributed by atoms with Crippen LogP contribution in [0.15, 0.2) is 22.6 Å². The standard InChI is InChI=1S/C7H10N2O.C3H6/c1-5-7(2,10)6(8-3)9-4;1-3-2/h1,10H,3H2,2,4H3;3H,1H2,2H3/t7-;/m1./s1. The Balaban J connectivity index is 0. The fraction of sp³-hybridized carbons (Fsp3) is 0.400. The molecule has 1 atom stereocenters. The minimum atomic E-state index is -1.39. The van der Waals surface area contributed by atoms with Crippen LogP contribution in [0.1, 0.15) is 13.8 Å². The first kappa shape index (κ1) is 14.1. The first-order chi connectivity index (χ1) is 5.99. The first-order valence-electron chi connectivity index (χ1n) is 3.71. The molecule has 3 nitrogen and oxygen atoms in total. The predicted molar refractivity (Wildman–Crippen MR) is 58.2 cm³/mol. The van der Waals surface area contributed by atoms with E-state index in [0.717, 1.165) is 0 Å². The maximum absolute atomic E-state index is 9.28. The fourth-order valence-corrected chi connectivity index (χ4v) is 0.507. The van der Waals surface area contributed by atoms with E-state index in [1.54, 1.807) is 6.08 Å². The average Bonchev–Trinajstić information content (AvgIpc) is 2.07. The van der Waals surface area contributed by atoms with Crippen LogP contribution in [0, 0.1) is 12.3 Å². The lowest BCUT2D eigenvalue weighted by Gasteiger charge is -2.13. The second kappa shape index (κ2) is 7.26. The van der Waals surface area contributed by atoms with Crippen molar-refractivity contribution < 1.29 is 5.11 Å². The number of hydrogen-bond donors (Lipinski definition) is 1. The Morgan fingerprint density at radius 1 is 1.69 bits per heavy atom. The van der Waals surface area contributed by atoms with Crippen LogP contribution in [0.2, 0.25) is 0 Å². The van der Waals surface area contributed by atoms with Gasteiger partial charge in [0.15, 0.2) is 11.4 Å². The van der Waals surface area contributed by atoms with E-state index < -0.39 is 5.60 Å². The molecule has 0 bridgehead atoms. The maximum atomic E-state index is 9.28. The van der Waals surface area contributed by atoms with Gasteiger partial charge in [0.25, 0.3) is 0 Å². The maximum Gasteiger partial charge on any atom is 0.181 e. The molecule has 0 saturated carbocycles. The number of rotatable bonds is 1. The first-order valence-corrected chi connectivity index (χ1v) is 3.71. The lowest BCUT2D eigenvalue weighted by Crippen LogP contribution is -2.31. The van der Waals surface area contributed by atoms with Crippen LogP contribution < -0.4 is 0 Å². The van der Waals surface area contributed by atoms with Gasteiger partial charge in [0.1, 0.15) is 0 Å². The molecule has 0 aliphatic rings. The van der Waals surface area contributed by atoms with Gasteiger partial charge in [-0.25, -0.2) is 4.99 Å². The van der Waals surface area contributed by atoms with E-state index in [1.807, 2.05) is 6.92 Å². The van der Waals surface area contributed by atoms with Crippen molar-refractivity contribution in [2.24, 2.45) is 9.98 Å². The molecule has 0 heterocycles. The summed E-state index contributed by atoms with van der Waals surface area (Å²) in [7, 11) is 1.50. The van der Waals surface area contributed by atoms with Crippen molar-refractivity contribution in [3.8, 4) is 12.3 Å². The number of allylic oxidation sites excluding steroid dienone is 1. The molecule has 1 N–H and O–H groups in total. The monoisotopic (exact) mass is 180 g/mol. The highest BCUT2D eigenvalue weighted by atomic mass is 16.3. The minimum Gasteiger partial charge on any atom is -0.371 e. The van der Waals surface area contributed by atoms with E-state index in [0.29, 0.717) is 0 Å². The minimum absolute atomic E-state index is 0.162. The van der Waals surface area contributed by atoms with Gasteiger partial charge in [-0.05, 0) is 20.6 Å². The highest BCUT2D eigenvalue weighted by Crippen LogP contribution is 2.04. The van der Waals surface area contributed by atoms with E-state index in [1.165, 1.54) is 14.0 Å². The Hall–Kier alpha value is -1.40. The van der Waals surface area contributed by atoms with Gasteiger partial charge >= 0.3 is 0 Å². The summed E-state index contributed by atoms with van der Waals surface area (Å²) in [6, 6.07) is 0. The van der Waals surface area contributed by atoms with Crippen molar-refractivity contribution >= 4 is 12.6 Å². The number of terminal acetylenes is 1. The van der Waals surface area contributed by atoms with E-state index in [-0.39, 0.29) is 5.84 Å². The lowest BCUT2D eigenvalue weighted by molar-refractivity contribution is 0.193. The number of hydrogen-bond acceptors (Lipinski definition) is 2. The lowest BCUT2D eigenvalue weighted by atomic mass is 10.1. The van der Waals surface area contributed by atoms with E-state index in [2.05, 4.69) is 29.2 Å². The van der Waals surface area contributed by atoms with Crippen LogP contribution in [-0.2, 0) is 0 Å². The summed E-state index contributed by atoms with van der Waals surface area (Å²) in [5.74, 6) is 2.30. The summed E-state index contributed by atoms with van der Waals surface area (Å²) in [6.45, 7) is 9.89. The van der Waals surface area contributed by atoms with Gasteiger partial charge in [-0.2, -0.15) is 0 Å². The molecule has 3 heteroatoms. The fourth-order valence-electron chi connectivity index (χ4n) is 0.507. The molecule has 0 amide bonds. The third kappa shape index (κ3) is 5.83. The molecule has 0 fully saturated rings. The molecule has 0 aromatic rings. The van der Waals surface area contributed by atoms with Gasteiger partial charge in [-0.15, -0.1) is 13.0 Å². The van der Waals surface area contributed by atoms with Crippen molar-refractivity contribution in [1.82, 2.24) is 0 Å². The van der Waals surface area contributed by atoms with Crippen LogP contribution >= 0.6 is 0 Å². The highest BCUT2D eigenvalue weighted by Gasteiger charge is 2.22. The van der Waals surface area contributed by atoms with Crippen molar-refractivity contribution in [3.63, 3.8) is 0 Å². The normalized spacial score (nSPS) is 14.2. The molecular weight excluding hydrogens is 164 g/mol.